The highest BCUT2D eigenvalue weighted by atomic mass is 31.2. The molecule has 1 N–H and O–H groups in total. The molecule has 13 nitrogen and oxygen atoms in total. The molecule has 2 aromatic rings. The van der Waals surface area contributed by atoms with Crippen LogP contribution in [0.15, 0.2) is 24.3 Å². The molecule has 0 saturated carbocycles. The van der Waals surface area contributed by atoms with Crippen molar-refractivity contribution in [1.82, 2.24) is 25.1 Å². The van der Waals surface area contributed by atoms with Crippen molar-refractivity contribution in [1.29, 1.82) is 0 Å². The Morgan fingerprint density at radius 2 is 1.12 bits per heavy atom. The summed E-state index contributed by atoms with van der Waals surface area (Å²) in [5, 5.41) is 3.53. The average molecular weight is 724 g/mol. The average Bonchev–Trinajstić information content (AvgIpc) is 3.16. The Balaban J connectivity index is 1.79. The number of carbonyl (C=O) groups is 2. The predicted molar refractivity (Wildman–Crippen MR) is 191 cm³/mol. The molecule has 0 spiro atoms. The first-order valence-corrected chi connectivity index (χ1v) is 21.3. The highest BCUT2D eigenvalue weighted by Crippen LogP contribution is 2.41. The van der Waals surface area contributed by atoms with E-state index < -0.39 is 14.7 Å². The van der Waals surface area contributed by atoms with E-state index in [-0.39, 0.29) is 11.9 Å². The maximum Gasteiger partial charge on any atom is 0.305 e. The molecule has 2 unspecified atom stereocenters. The minimum absolute atomic E-state index is 0.256. The molecule has 49 heavy (non-hydrogen) atoms. The van der Waals surface area contributed by atoms with Crippen LogP contribution < -0.4 is 16.2 Å². The Labute approximate surface area is 291 Å². The number of hydrogen-bond acceptors (Lipinski definition) is 13. The third-order valence-corrected chi connectivity index (χ3v) is 11.9. The number of aromatic nitrogens is 2. The molecule has 0 amide bonds. The summed E-state index contributed by atoms with van der Waals surface area (Å²) in [7, 11) is -3.47. The highest BCUT2D eigenvalue weighted by Gasteiger charge is 2.25. The minimum Gasteiger partial charge on any atom is -0.469 e. The number of carbonyl (C=O) groups excluding carboxylic acids is 2. The summed E-state index contributed by atoms with van der Waals surface area (Å²) in [6.45, 7) is 13.3. The molecule has 1 saturated heterocycles. The van der Waals surface area contributed by atoms with Crippen molar-refractivity contribution in [3.8, 4) is 0 Å². The van der Waals surface area contributed by atoms with Gasteiger partial charge in [0.2, 0.25) is 14.7 Å². The van der Waals surface area contributed by atoms with Crippen molar-refractivity contribution in [2.24, 2.45) is 0 Å². The lowest BCUT2D eigenvalue weighted by molar-refractivity contribution is -0.141. The molecule has 3 heterocycles. The quantitative estimate of drug-likeness (QED) is 0.177. The summed E-state index contributed by atoms with van der Waals surface area (Å²) >= 11 is 0. The van der Waals surface area contributed by atoms with Gasteiger partial charge in [0.15, 0.2) is 0 Å². The maximum atomic E-state index is 13.4. The summed E-state index contributed by atoms with van der Waals surface area (Å²) < 4.78 is 47.7. The van der Waals surface area contributed by atoms with Crippen molar-refractivity contribution in [2.45, 2.75) is 65.5 Å². The van der Waals surface area contributed by atoms with Crippen LogP contribution in [0.2, 0.25) is 0 Å². The minimum atomic E-state index is -3.12. The second kappa shape index (κ2) is 20.4. The topological polar surface area (TPSA) is 149 Å². The second-order valence-electron chi connectivity index (χ2n) is 12.3. The number of ether oxygens (including phenoxy) is 2. The molecule has 1 fully saturated rings. The Bertz CT molecular complexity index is 1370. The molecule has 2 atom stereocenters. The van der Waals surface area contributed by atoms with Crippen LogP contribution in [0, 0.1) is 0 Å². The number of pyridine rings is 2. The van der Waals surface area contributed by atoms with Gasteiger partial charge < -0.3 is 23.8 Å². The summed E-state index contributed by atoms with van der Waals surface area (Å²) in [5.74, 6) is -0.512. The van der Waals surface area contributed by atoms with Crippen molar-refractivity contribution in [3.63, 3.8) is 0 Å². The molecule has 1 aliphatic heterocycles. The number of nitrogens with one attached hydrogen (secondary N) is 1. The van der Waals surface area contributed by atoms with Crippen LogP contribution in [-0.4, -0.2) is 112 Å². The van der Waals surface area contributed by atoms with Gasteiger partial charge in [-0.3, -0.25) is 28.5 Å². The van der Waals surface area contributed by atoms with E-state index in [4.69, 9.17) is 28.5 Å². The molecule has 15 heteroatoms. The van der Waals surface area contributed by atoms with Gasteiger partial charge in [0, 0.05) is 78.5 Å². The lowest BCUT2D eigenvalue weighted by Gasteiger charge is -2.26. The lowest BCUT2D eigenvalue weighted by Crippen LogP contribution is -2.36. The first-order chi connectivity index (χ1) is 23.4. The summed E-state index contributed by atoms with van der Waals surface area (Å²) in [6, 6.07) is 7.74. The smallest absolute Gasteiger partial charge is 0.305 e. The largest absolute Gasteiger partial charge is 0.469 e. The molecule has 0 aromatic carbocycles. The molecule has 3 rings (SSSR count). The number of nitrogens with zero attached hydrogens (tertiary/aromatic N) is 4. The van der Waals surface area contributed by atoms with E-state index in [1.165, 1.54) is 14.2 Å². The van der Waals surface area contributed by atoms with Crippen LogP contribution in [0.25, 0.3) is 0 Å². The Kier molecular flexibility index (Phi) is 17.0. The van der Waals surface area contributed by atoms with Gasteiger partial charge in [-0.25, -0.2) is 9.97 Å². The van der Waals surface area contributed by atoms with Gasteiger partial charge >= 0.3 is 11.9 Å². The van der Waals surface area contributed by atoms with E-state index in [0.717, 1.165) is 61.8 Å². The Hall–Kier alpha value is -2.50. The zero-order chi connectivity index (χ0) is 35.9. The normalized spacial score (nSPS) is 17.3. The highest BCUT2D eigenvalue weighted by molar-refractivity contribution is 7.66. The van der Waals surface area contributed by atoms with E-state index in [2.05, 4.69) is 15.1 Å². The predicted octanol–water partition coefficient (Wildman–Crippen LogP) is 3.51. The number of methoxy groups -OCH3 is 2. The van der Waals surface area contributed by atoms with E-state index in [9.17, 15) is 18.7 Å². The third kappa shape index (κ3) is 14.0. The second-order valence-corrected chi connectivity index (χ2v) is 17.2. The van der Waals surface area contributed by atoms with Gasteiger partial charge in [0.25, 0.3) is 0 Å². The number of aryl methyl sites for hydroxylation is 2. The van der Waals surface area contributed by atoms with Crippen molar-refractivity contribution < 1.29 is 37.2 Å². The van der Waals surface area contributed by atoms with E-state index >= 15 is 0 Å². The van der Waals surface area contributed by atoms with Gasteiger partial charge in [0.1, 0.15) is 10.9 Å². The SMILES string of the molecule is CCOP(C)(=O)c1cc(CCCC(=O)OC)cc(CN2CCNCCN(Cc3cc(CCCC(=O)OC)cc(P(C)(=O)OCC)n3)CC2)n1. The van der Waals surface area contributed by atoms with Crippen molar-refractivity contribution in [2.75, 3.05) is 80.0 Å². The Morgan fingerprint density at radius 1 is 0.714 bits per heavy atom. The van der Waals surface area contributed by atoms with Crippen LogP contribution in [0.1, 0.15) is 62.0 Å². The van der Waals surface area contributed by atoms with Gasteiger partial charge in [0.05, 0.1) is 38.8 Å². The number of hydrogen-bond donors (Lipinski definition) is 1. The molecule has 0 aliphatic carbocycles. The fourth-order valence-corrected chi connectivity index (χ4v) is 8.39. The van der Waals surface area contributed by atoms with Gasteiger partial charge in [-0.15, -0.1) is 0 Å². The third-order valence-electron chi connectivity index (χ3n) is 8.29. The van der Waals surface area contributed by atoms with E-state index in [1.807, 2.05) is 38.1 Å². The molecule has 0 radical (unpaired) electrons. The van der Waals surface area contributed by atoms with Gasteiger partial charge in [-0.05, 0) is 74.9 Å². The molecular weight excluding hydrogens is 668 g/mol. The van der Waals surface area contributed by atoms with Crippen LogP contribution >= 0.6 is 14.7 Å². The van der Waals surface area contributed by atoms with Crippen LogP contribution in [0.5, 0.6) is 0 Å². The van der Waals surface area contributed by atoms with Crippen LogP contribution in [0.3, 0.4) is 0 Å². The van der Waals surface area contributed by atoms with Crippen molar-refractivity contribution in [3.05, 3.63) is 46.8 Å². The van der Waals surface area contributed by atoms with Crippen molar-refractivity contribution >= 4 is 37.5 Å². The zero-order valence-electron chi connectivity index (χ0n) is 30.1. The zero-order valence-corrected chi connectivity index (χ0v) is 31.9. The molecule has 2 aromatic heterocycles. The summed E-state index contributed by atoms with van der Waals surface area (Å²) in [4.78, 5) is 37.7. The molecule has 0 bridgehead atoms. The van der Waals surface area contributed by atoms with Crippen LogP contribution in [0.4, 0.5) is 0 Å². The Morgan fingerprint density at radius 3 is 1.49 bits per heavy atom. The first kappa shape index (κ1) is 40.9. The standard InChI is InChI=1S/C34H55N5O8P2/c1-7-46-48(5,42)31-23-27(11-9-13-33(40)44-3)21-29(36-31)25-38-17-15-35-16-18-39(20-19-38)26-30-22-28(12-10-14-34(41)45-4)24-32(37-30)49(6,43)47-8-2/h21-24,35H,7-20,25-26H2,1-6H3. The molecular formula is C34H55N5O8P2. The fourth-order valence-electron chi connectivity index (χ4n) is 5.72. The maximum absolute atomic E-state index is 13.4. The fraction of sp³-hybridized carbons (Fsp3) is 0.647. The van der Waals surface area contributed by atoms with Gasteiger partial charge in [-0.2, -0.15) is 0 Å². The molecule has 274 valence electrons. The number of esters is 2. The summed E-state index contributed by atoms with van der Waals surface area (Å²) in [6.07, 6.45) is 3.09. The summed E-state index contributed by atoms with van der Waals surface area (Å²) in [5.41, 5.74) is 4.42. The van der Waals surface area contributed by atoms with Crippen LogP contribution in [-0.2, 0) is 63.2 Å². The van der Waals surface area contributed by atoms with Gasteiger partial charge in [-0.1, -0.05) is 0 Å². The first-order valence-electron chi connectivity index (χ1n) is 17.1. The van der Waals surface area contributed by atoms with E-state index in [1.54, 1.807) is 13.3 Å². The molecule has 1 aliphatic rings. The number of rotatable bonds is 18. The monoisotopic (exact) mass is 723 g/mol. The lowest BCUT2D eigenvalue weighted by atomic mass is 10.1. The van der Waals surface area contributed by atoms with E-state index in [0.29, 0.717) is 75.7 Å².